The summed E-state index contributed by atoms with van der Waals surface area (Å²) in [5.74, 6) is -0.254. The number of thioether (sulfide) groups is 1. The summed E-state index contributed by atoms with van der Waals surface area (Å²) >= 11 is 10.4. The molecule has 23 heavy (non-hydrogen) atoms. The standard InChI is InChI=1S/C15H15BrClNO4S/c1-7-3-9(16)5-11(17)13(7)22-6-12(20)23-15-10(4-8(2)19)14(21)18-15/h3,5,10,15H,4,6H2,1-2H3,(H,18,21)/t10-,15-/m1/s1. The van der Waals surface area contributed by atoms with Crippen LogP contribution in [0.3, 0.4) is 0 Å². The molecular formula is C15H15BrClNO4S. The first-order valence-electron chi connectivity index (χ1n) is 6.85. The number of ketones is 1. The molecule has 1 aromatic rings. The topological polar surface area (TPSA) is 72.5 Å². The second-order valence-corrected chi connectivity index (χ2v) is 7.78. The maximum Gasteiger partial charge on any atom is 0.228 e. The number of hydrogen-bond donors (Lipinski definition) is 1. The van der Waals surface area contributed by atoms with E-state index in [1.807, 2.05) is 13.0 Å². The van der Waals surface area contributed by atoms with Gasteiger partial charge in [-0.3, -0.25) is 9.59 Å². The maximum atomic E-state index is 12.0. The van der Waals surface area contributed by atoms with Crippen LogP contribution in [0.1, 0.15) is 18.9 Å². The number of ether oxygens (including phenoxy) is 1. The molecule has 124 valence electrons. The zero-order chi connectivity index (χ0) is 17.1. The van der Waals surface area contributed by atoms with Gasteiger partial charge in [0.05, 0.1) is 16.3 Å². The molecule has 1 heterocycles. The Morgan fingerprint density at radius 1 is 1.43 bits per heavy atom. The summed E-state index contributed by atoms with van der Waals surface area (Å²) in [6.45, 7) is 3.10. The largest absolute Gasteiger partial charge is 0.483 e. The van der Waals surface area contributed by atoms with E-state index in [1.165, 1.54) is 6.92 Å². The predicted octanol–water partition coefficient (Wildman–Crippen LogP) is 3.10. The van der Waals surface area contributed by atoms with E-state index in [-0.39, 0.29) is 35.2 Å². The van der Waals surface area contributed by atoms with E-state index in [0.717, 1.165) is 21.8 Å². The van der Waals surface area contributed by atoms with E-state index in [4.69, 9.17) is 16.3 Å². The Hall–Kier alpha value is -1.05. The van der Waals surface area contributed by atoms with Gasteiger partial charge in [-0.15, -0.1) is 0 Å². The third-order valence-electron chi connectivity index (χ3n) is 3.28. The third-order valence-corrected chi connectivity index (χ3v) is 5.10. The highest BCUT2D eigenvalue weighted by molar-refractivity contribution is 9.10. The van der Waals surface area contributed by atoms with Crippen molar-refractivity contribution in [1.82, 2.24) is 5.32 Å². The molecule has 1 amide bonds. The molecular weight excluding hydrogens is 406 g/mol. The maximum absolute atomic E-state index is 12.0. The summed E-state index contributed by atoms with van der Waals surface area (Å²) in [7, 11) is 0. The van der Waals surface area contributed by atoms with Gasteiger partial charge in [-0.2, -0.15) is 0 Å². The van der Waals surface area contributed by atoms with Crippen molar-refractivity contribution in [1.29, 1.82) is 0 Å². The molecule has 2 atom stereocenters. The van der Waals surface area contributed by atoms with E-state index in [9.17, 15) is 14.4 Å². The second kappa shape index (κ2) is 7.68. The van der Waals surface area contributed by atoms with Crippen molar-refractivity contribution in [2.24, 2.45) is 5.92 Å². The highest BCUT2D eigenvalue weighted by Gasteiger charge is 2.41. The summed E-state index contributed by atoms with van der Waals surface area (Å²) in [4.78, 5) is 34.5. The Kier molecular flexibility index (Phi) is 6.11. The van der Waals surface area contributed by atoms with Gasteiger partial charge < -0.3 is 14.8 Å². The van der Waals surface area contributed by atoms with Crippen LogP contribution in [0, 0.1) is 12.8 Å². The Labute approximate surface area is 151 Å². The van der Waals surface area contributed by atoms with Gasteiger partial charge in [-0.05, 0) is 31.5 Å². The molecule has 0 spiro atoms. The highest BCUT2D eigenvalue weighted by Crippen LogP contribution is 2.33. The number of aryl methyl sites for hydroxylation is 1. The van der Waals surface area contributed by atoms with E-state index in [2.05, 4.69) is 21.2 Å². The van der Waals surface area contributed by atoms with Crippen LogP contribution in [-0.4, -0.2) is 28.8 Å². The van der Waals surface area contributed by atoms with Crippen LogP contribution >= 0.6 is 39.3 Å². The van der Waals surface area contributed by atoms with Gasteiger partial charge in [-0.25, -0.2) is 0 Å². The van der Waals surface area contributed by atoms with Gasteiger partial charge in [0.15, 0.2) is 6.61 Å². The molecule has 5 nitrogen and oxygen atoms in total. The molecule has 0 bridgehead atoms. The van der Waals surface area contributed by atoms with E-state index >= 15 is 0 Å². The summed E-state index contributed by atoms with van der Waals surface area (Å²) in [5.41, 5.74) is 0.813. The number of halogens is 2. The lowest BCUT2D eigenvalue weighted by Crippen LogP contribution is -2.57. The van der Waals surface area contributed by atoms with Crippen LogP contribution in [0.5, 0.6) is 5.75 Å². The first-order chi connectivity index (χ1) is 10.8. The molecule has 1 aliphatic rings. The van der Waals surface area contributed by atoms with Crippen LogP contribution in [0.4, 0.5) is 0 Å². The van der Waals surface area contributed by atoms with Gasteiger partial charge >= 0.3 is 0 Å². The van der Waals surface area contributed by atoms with Crippen molar-refractivity contribution < 1.29 is 19.1 Å². The normalized spacial score (nSPS) is 19.7. The average molecular weight is 421 g/mol. The van der Waals surface area contributed by atoms with Crippen molar-refractivity contribution in [3.05, 3.63) is 27.2 Å². The number of amides is 1. The summed E-state index contributed by atoms with van der Waals surface area (Å²) in [6, 6.07) is 3.53. The lowest BCUT2D eigenvalue weighted by molar-refractivity contribution is -0.135. The highest BCUT2D eigenvalue weighted by atomic mass is 79.9. The molecule has 0 aromatic heterocycles. The molecule has 8 heteroatoms. The number of Topliss-reactive ketones (excluding diaryl/α,β-unsaturated/α-hetero) is 1. The molecule has 1 saturated heterocycles. The van der Waals surface area contributed by atoms with Gasteiger partial charge in [0.25, 0.3) is 0 Å². The molecule has 1 N–H and O–H groups in total. The van der Waals surface area contributed by atoms with E-state index in [0.29, 0.717) is 10.8 Å². The Morgan fingerprint density at radius 2 is 2.13 bits per heavy atom. The molecule has 0 saturated carbocycles. The molecule has 0 radical (unpaired) electrons. The van der Waals surface area contributed by atoms with Crippen LogP contribution in [0.15, 0.2) is 16.6 Å². The van der Waals surface area contributed by atoms with Crippen LogP contribution in [0.2, 0.25) is 5.02 Å². The van der Waals surface area contributed by atoms with Crippen molar-refractivity contribution in [3.8, 4) is 5.75 Å². The lowest BCUT2D eigenvalue weighted by atomic mass is 9.96. The number of carbonyl (C=O) groups excluding carboxylic acids is 3. The number of β-lactam (4-membered cyclic amide) rings is 1. The summed E-state index contributed by atoms with van der Waals surface area (Å²) in [5, 5.41) is 2.43. The monoisotopic (exact) mass is 419 g/mol. The number of benzene rings is 1. The van der Waals surface area contributed by atoms with Gasteiger partial charge in [-0.1, -0.05) is 39.3 Å². The second-order valence-electron chi connectivity index (χ2n) is 5.25. The number of carbonyl (C=O) groups is 3. The molecule has 0 aliphatic carbocycles. The SMILES string of the molecule is CC(=O)C[C@@H]1C(=O)N[C@@H]1SC(=O)COc1c(C)cc(Br)cc1Cl. The van der Waals surface area contributed by atoms with Crippen LogP contribution in [0.25, 0.3) is 0 Å². The molecule has 1 fully saturated rings. The van der Waals surface area contributed by atoms with Crippen LogP contribution in [-0.2, 0) is 14.4 Å². The first-order valence-corrected chi connectivity index (χ1v) is 8.90. The van der Waals surface area contributed by atoms with Crippen molar-refractivity contribution in [3.63, 3.8) is 0 Å². The summed E-state index contributed by atoms with van der Waals surface area (Å²) in [6.07, 6.45) is 0.148. The van der Waals surface area contributed by atoms with Crippen molar-refractivity contribution in [2.75, 3.05) is 6.61 Å². The molecule has 1 aliphatic heterocycles. The molecule has 1 aromatic carbocycles. The van der Waals surface area contributed by atoms with Gasteiger partial charge in [0, 0.05) is 10.9 Å². The number of nitrogens with one attached hydrogen (secondary N) is 1. The molecule has 0 unspecified atom stereocenters. The number of rotatable bonds is 6. The quantitative estimate of drug-likeness (QED) is 0.716. The Balaban J connectivity index is 1.89. The fraction of sp³-hybridized carbons (Fsp3) is 0.400. The van der Waals surface area contributed by atoms with Crippen LogP contribution < -0.4 is 10.1 Å². The Morgan fingerprint density at radius 3 is 2.70 bits per heavy atom. The van der Waals surface area contributed by atoms with Crippen molar-refractivity contribution >= 4 is 56.1 Å². The lowest BCUT2D eigenvalue weighted by Gasteiger charge is -2.34. The predicted molar refractivity (Wildman–Crippen MR) is 92.7 cm³/mol. The summed E-state index contributed by atoms with van der Waals surface area (Å²) < 4.78 is 6.33. The molecule has 2 rings (SSSR count). The Bertz CT molecular complexity index is 644. The zero-order valence-corrected chi connectivity index (χ0v) is 15.7. The zero-order valence-electron chi connectivity index (χ0n) is 12.5. The minimum atomic E-state index is -0.445. The third kappa shape index (κ3) is 4.71. The fourth-order valence-electron chi connectivity index (χ4n) is 2.19. The first kappa shape index (κ1) is 18.3. The fourth-order valence-corrected chi connectivity index (χ4v) is 4.18. The van der Waals surface area contributed by atoms with Gasteiger partial charge in [0.1, 0.15) is 11.5 Å². The number of hydrogen-bond acceptors (Lipinski definition) is 5. The smallest absolute Gasteiger partial charge is 0.228 e. The minimum absolute atomic E-state index is 0.0728. The van der Waals surface area contributed by atoms with Crippen molar-refractivity contribution in [2.45, 2.75) is 25.6 Å². The minimum Gasteiger partial charge on any atom is -0.483 e. The van der Waals surface area contributed by atoms with E-state index < -0.39 is 5.92 Å². The average Bonchev–Trinajstić information content (AvgIpc) is 2.43. The van der Waals surface area contributed by atoms with E-state index in [1.54, 1.807) is 6.07 Å². The van der Waals surface area contributed by atoms with Gasteiger partial charge in [0.2, 0.25) is 11.0 Å².